The average molecular weight is 244 g/mol. The van der Waals surface area contributed by atoms with Gasteiger partial charge >= 0.3 is 0 Å². The smallest absolute Gasteiger partial charge is 0.0606 e. The molecule has 0 aliphatic carbocycles. The zero-order chi connectivity index (χ0) is 13.0. The third-order valence-corrected chi connectivity index (χ3v) is 3.30. The summed E-state index contributed by atoms with van der Waals surface area (Å²) in [7, 11) is 0. The normalized spacial score (nSPS) is 10.8. The fourth-order valence-corrected chi connectivity index (χ4v) is 2.37. The molecule has 0 saturated heterocycles. The van der Waals surface area contributed by atoms with Gasteiger partial charge in [0.25, 0.3) is 0 Å². The van der Waals surface area contributed by atoms with Crippen LogP contribution in [0.3, 0.4) is 0 Å². The van der Waals surface area contributed by atoms with E-state index in [1.165, 1.54) is 16.5 Å². The Hall–Kier alpha value is -1.58. The number of aliphatic hydroxyl groups is 1. The highest BCUT2D eigenvalue weighted by Gasteiger charge is 2.09. The summed E-state index contributed by atoms with van der Waals surface area (Å²) in [5, 5.41) is 11.5. The van der Waals surface area contributed by atoms with E-state index in [0.29, 0.717) is 13.1 Å². The SMILES string of the molecule is CCN(CCO)c1ccc(CN)c2ccccc12. The van der Waals surface area contributed by atoms with Gasteiger partial charge in [0, 0.05) is 30.7 Å². The van der Waals surface area contributed by atoms with Gasteiger partial charge in [-0.25, -0.2) is 0 Å². The van der Waals surface area contributed by atoms with Crippen LogP contribution in [0.1, 0.15) is 12.5 Å². The molecule has 0 amide bonds. The Bertz CT molecular complexity index is 525. The van der Waals surface area contributed by atoms with Crippen LogP contribution < -0.4 is 10.6 Å². The molecule has 0 radical (unpaired) electrons. The van der Waals surface area contributed by atoms with Gasteiger partial charge in [0.15, 0.2) is 0 Å². The van der Waals surface area contributed by atoms with Crippen LogP contribution in [0.15, 0.2) is 36.4 Å². The van der Waals surface area contributed by atoms with E-state index < -0.39 is 0 Å². The number of rotatable bonds is 5. The molecule has 2 aromatic rings. The maximum Gasteiger partial charge on any atom is 0.0606 e. The second-order valence-electron chi connectivity index (χ2n) is 4.30. The number of benzene rings is 2. The first-order valence-electron chi connectivity index (χ1n) is 6.38. The van der Waals surface area contributed by atoms with Gasteiger partial charge in [-0.1, -0.05) is 30.3 Å². The standard InChI is InChI=1S/C15H20N2O/c1-2-17(9-10-18)15-8-7-12(11-16)13-5-3-4-6-14(13)15/h3-8,18H,2,9-11,16H2,1H3. The van der Waals surface area contributed by atoms with Crippen molar-refractivity contribution < 1.29 is 5.11 Å². The zero-order valence-corrected chi connectivity index (χ0v) is 10.8. The summed E-state index contributed by atoms with van der Waals surface area (Å²) in [4.78, 5) is 2.18. The first kappa shape index (κ1) is 12.9. The van der Waals surface area contributed by atoms with Crippen molar-refractivity contribution >= 4 is 16.5 Å². The van der Waals surface area contributed by atoms with Crippen LogP contribution in [-0.2, 0) is 6.54 Å². The van der Waals surface area contributed by atoms with Gasteiger partial charge < -0.3 is 15.7 Å². The molecule has 0 aromatic heterocycles. The molecule has 0 aliphatic heterocycles. The van der Waals surface area contributed by atoms with E-state index in [9.17, 15) is 0 Å². The van der Waals surface area contributed by atoms with E-state index in [4.69, 9.17) is 10.8 Å². The Morgan fingerprint density at radius 2 is 1.83 bits per heavy atom. The molecule has 3 nitrogen and oxygen atoms in total. The quantitative estimate of drug-likeness (QED) is 0.847. The van der Waals surface area contributed by atoms with Crippen molar-refractivity contribution in [3.05, 3.63) is 42.0 Å². The van der Waals surface area contributed by atoms with Gasteiger partial charge in [0.1, 0.15) is 0 Å². The molecule has 0 aliphatic rings. The van der Waals surface area contributed by atoms with Crippen LogP contribution >= 0.6 is 0 Å². The van der Waals surface area contributed by atoms with Crippen LogP contribution in [0.4, 0.5) is 5.69 Å². The Balaban J connectivity index is 2.58. The van der Waals surface area contributed by atoms with Crippen molar-refractivity contribution in [2.24, 2.45) is 5.73 Å². The minimum absolute atomic E-state index is 0.167. The number of nitrogens with zero attached hydrogens (tertiary/aromatic N) is 1. The van der Waals surface area contributed by atoms with E-state index >= 15 is 0 Å². The lowest BCUT2D eigenvalue weighted by Gasteiger charge is -2.24. The third-order valence-electron chi connectivity index (χ3n) is 3.30. The molecule has 0 spiro atoms. The summed E-state index contributed by atoms with van der Waals surface area (Å²) in [6, 6.07) is 12.5. The number of anilines is 1. The summed E-state index contributed by atoms with van der Waals surface area (Å²) in [6.07, 6.45) is 0. The Labute approximate surface area is 108 Å². The van der Waals surface area contributed by atoms with E-state index in [2.05, 4.69) is 36.1 Å². The van der Waals surface area contributed by atoms with Crippen molar-refractivity contribution in [2.45, 2.75) is 13.5 Å². The summed E-state index contributed by atoms with van der Waals surface area (Å²) in [5.74, 6) is 0. The second kappa shape index (κ2) is 5.85. The lowest BCUT2D eigenvalue weighted by molar-refractivity contribution is 0.302. The van der Waals surface area contributed by atoms with Crippen LogP contribution in [0.25, 0.3) is 10.8 Å². The highest BCUT2D eigenvalue weighted by Crippen LogP contribution is 2.29. The van der Waals surface area contributed by atoms with Crippen LogP contribution in [0.2, 0.25) is 0 Å². The summed E-state index contributed by atoms with van der Waals surface area (Å²) < 4.78 is 0. The van der Waals surface area contributed by atoms with Crippen LogP contribution in [0.5, 0.6) is 0 Å². The molecule has 3 heteroatoms. The van der Waals surface area contributed by atoms with Gasteiger partial charge in [-0.2, -0.15) is 0 Å². The zero-order valence-electron chi connectivity index (χ0n) is 10.8. The largest absolute Gasteiger partial charge is 0.395 e. The van der Waals surface area contributed by atoms with Gasteiger partial charge in [0.2, 0.25) is 0 Å². The molecule has 3 N–H and O–H groups in total. The number of aliphatic hydroxyl groups excluding tert-OH is 1. The summed E-state index contributed by atoms with van der Waals surface area (Å²) >= 11 is 0. The molecule has 18 heavy (non-hydrogen) atoms. The predicted octanol–water partition coefficient (Wildman–Crippen LogP) is 2.12. The number of nitrogens with two attached hydrogens (primary N) is 1. The molecule has 0 bridgehead atoms. The molecule has 0 heterocycles. The monoisotopic (exact) mass is 244 g/mol. The molecule has 0 fully saturated rings. The second-order valence-corrected chi connectivity index (χ2v) is 4.30. The Kier molecular flexibility index (Phi) is 4.18. The van der Waals surface area contributed by atoms with Crippen molar-refractivity contribution in [2.75, 3.05) is 24.6 Å². The molecular formula is C15H20N2O. The number of hydrogen-bond acceptors (Lipinski definition) is 3. The molecule has 96 valence electrons. The first-order chi connectivity index (χ1) is 8.81. The third kappa shape index (κ3) is 2.33. The highest BCUT2D eigenvalue weighted by atomic mass is 16.3. The van der Waals surface area contributed by atoms with Crippen molar-refractivity contribution in [1.82, 2.24) is 0 Å². The van der Waals surface area contributed by atoms with Crippen molar-refractivity contribution in [1.29, 1.82) is 0 Å². The average Bonchev–Trinajstić information content (AvgIpc) is 2.44. The molecule has 0 unspecified atom stereocenters. The first-order valence-corrected chi connectivity index (χ1v) is 6.38. The van der Waals surface area contributed by atoms with Crippen LogP contribution in [-0.4, -0.2) is 24.8 Å². The summed E-state index contributed by atoms with van der Waals surface area (Å²) in [6.45, 7) is 4.35. The van der Waals surface area contributed by atoms with Gasteiger partial charge in [0.05, 0.1) is 6.61 Å². The lowest BCUT2D eigenvalue weighted by Crippen LogP contribution is -2.26. The van der Waals surface area contributed by atoms with E-state index in [0.717, 1.165) is 12.1 Å². The van der Waals surface area contributed by atoms with Gasteiger partial charge in [-0.3, -0.25) is 0 Å². The molecule has 0 atom stereocenters. The number of likely N-dealkylation sites (N-methyl/N-ethyl adjacent to an activating group) is 1. The van der Waals surface area contributed by atoms with Crippen molar-refractivity contribution in [3.8, 4) is 0 Å². The number of fused-ring (bicyclic) bond motifs is 1. The Morgan fingerprint density at radius 3 is 2.44 bits per heavy atom. The minimum atomic E-state index is 0.167. The Morgan fingerprint density at radius 1 is 1.11 bits per heavy atom. The fourth-order valence-electron chi connectivity index (χ4n) is 2.37. The van der Waals surface area contributed by atoms with Crippen LogP contribution in [0, 0.1) is 0 Å². The topological polar surface area (TPSA) is 49.5 Å². The predicted molar refractivity (Wildman–Crippen MR) is 76.8 cm³/mol. The maximum absolute atomic E-state index is 9.14. The molecular weight excluding hydrogens is 224 g/mol. The van der Waals surface area contributed by atoms with Crippen molar-refractivity contribution in [3.63, 3.8) is 0 Å². The number of hydrogen-bond donors (Lipinski definition) is 2. The van der Waals surface area contributed by atoms with Gasteiger partial charge in [-0.05, 0) is 23.9 Å². The molecule has 0 saturated carbocycles. The summed E-state index contributed by atoms with van der Waals surface area (Å²) in [5.41, 5.74) is 8.11. The molecule has 2 aromatic carbocycles. The lowest BCUT2D eigenvalue weighted by atomic mass is 10.0. The van der Waals surface area contributed by atoms with E-state index in [1.54, 1.807) is 0 Å². The van der Waals surface area contributed by atoms with E-state index in [1.807, 2.05) is 12.1 Å². The maximum atomic E-state index is 9.14. The minimum Gasteiger partial charge on any atom is -0.395 e. The molecule has 2 rings (SSSR count). The fraction of sp³-hybridized carbons (Fsp3) is 0.333. The van der Waals surface area contributed by atoms with Gasteiger partial charge in [-0.15, -0.1) is 0 Å². The van der Waals surface area contributed by atoms with E-state index in [-0.39, 0.29) is 6.61 Å². The highest BCUT2D eigenvalue weighted by molar-refractivity contribution is 5.96.